The second-order valence-electron chi connectivity index (χ2n) is 5.39. The predicted molar refractivity (Wildman–Crippen MR) is 91.3 cm³/mol. The van der Waals surface area contributed by atoms with Crippen LogP contribution >= 0.6 is 0 Å². The second kappa shape index (κ2) is 7.66. The van der Waals surface area contributed by atoms with E-state index < -0.39 is 5.91 Å². The lowest BCUT2D eigenvalue weighted by Gasteiger charge is -2.08. The predicted octanol–water partition coefficient (Wildman–Crippen LogP) is 2.46. The lowest BCUT2D eigenvalue weighted by molar-refractivity contribution is 0.0706. The molecule has 8 nitrogen and oxygen atoms in total. The molecule has 8 heteroatoms. The fourth-order valence-corrected chi connectivity index (χ4v) is 2.44. The van der Waals surface area contributed by atoms with Crippen LogP contribution in [0.3, 0.4) is 0 Å². The highest BCUT2D eigenvalue weighted by molar-refractivity contribution is 5.93. The Hall–Kier alpha value is -3.39. The van der Waals surface area contributed by atoms with Crippen LogP contribution in [0.2, 0.25) is 0 Å². The number of nitrogens with one attached hydrogen (secondary N) is 1. The van der Waals surface area contributed by atoms with Crippen LogP contribution in [-0.4, -0.2) is 35.5 Å². The van der Waals surface area contributed by atoms with Crippen molar-refractivity contribution >= 4 is 5.91 Å². The summed E-state index contributed by atoms with van der Waals surface area (Å²) in [5.74, 6) is 1.48. The zero-order chi connectivity index (χ0) is 18.5. The van der Waals surface area contributed by atoms with Crippen molar-refractivity contribution in [2.75, 3.05) is 14.2 Å². The molecule has 0 saturated heterocycles. The Kier molecular flexibility index (Phi) is 5.14. The fourth-order valence-electron chi connectivity index (χ4n) is 2.44. The topological polar surface area (TPSA) is 107 Å². The third-order valence-electron chi connectivity index (χ3n) is 3.77. The first-order valence-electron chi connectivity index (χ1n) is 7.72. The SMILES string of the molecule is COc1ccc(Cc2nnc(-c3ccc(C(=O)NO)cc3)o2)cc1OC. The van der Waals surface area contributed by atoms with Crippen LogP contribution in [0.15, 0.2) is 46.9 Å². The summed E-state index contributed by atoms with van der Waals surface area (Å²) in [5.41, 5.74) is 3.51. The van der Waals surface area contributed by atoms with Gasteiger partial charge in [0.25, 0.3) is 5.91 Å². The van der Waals surface area contributed by atoms with E-state index in [2.05, 4.69) is 10.2 Å². The number of benzene rings is 2. The zero-order valence-electron chi connectivity index (χ0n) is 14.2. The Morgan fingerprint density at radius 3 is 2.46 bits per heavy atom. The minimum atomic E-state index is -0.587. The molecule has 0 spiro atoms. The van der Waals surface area contributed by atoms with Crippen LogP contribution in [0.5, 0.6) is 11.5 Å². The summed E-state index contributed by atoms with van der Waals surface area (Å²) in [7, 11) is 3.16. The largest absolute Gasteiger partial charge is 0.493 e. The van der Waals surface area contributed by atoms with Gasteiger partial charge >= 0.3 is 0 Å². The molecule has 0 aliphatic carbocycles. The number of methoxy groups -OCH3 is 2. The molecule has 0 saturated carbocycles. The van der Waals surface area contributed by atoms with Gasteiger partial charge in [0.05, 0.1) is 20.6 Å². The molecule has 3 aromatic rings. The number of aromatic nitrogens is 2. The summed E-state index contributed by atoms with van der Waals surface area (Å²) >= 11 is 0. The van der Waals surface area contributed by atoms with Gasteiger partial charge in [0, 0.05) is 11.1 Å². The molecule has 3 rings (SSSR count). The highest BCUT2D eigenvalue weighted by atomic mass is 16.5. The first-order valence-corrected chi connectivity index (χ1v) is 7.72. The van der Waals surface area contributed by atoms with Gasteiger partial charge < -0.3 is 13.9 Å². The number of hydrogen-bond acceptors (Lipinski definition) is 7. The van der Waals surface area contributed by atoms with Crippen molar-refractivity contribution in [3.63, 3.8) is 0 Å². The van der Waals surface area contributed by atoms with Gasteiger partial charge in [-0.1, -0.05) is 6.07 Å². The van der Waals surface area contributed by atoms with Gasteiger partial charge in [0.1, 0.15) is 0 Å². The van der Waals surface area contributed by atoms with Crippen LogP contribution in [-0.2, 0) is 6.42 Å². The van der Waals surface area contributed by atoms with Gasteiger partial charge in [-0.2, -0.15) is 0 Å². The molecule has 2 N–H and O–H groups in total. The van der Waals surface area contributed by atoms with Crippen LogP contribution in [0.25, 0.3) is 11.5 Å². The molecule has 0 fully saturated rings. The van der Waals surface area contributed by atoms with Crippen LogP contribution in [0.1, 0.15) is 21.8 Å². The van der Waals surface area contributed by atoms with Crippen molar-refractivity contribution in [1.29, 1.82) is 0 Å². The maximum Gasteiger partial charge on any atom is 0.274 e. The van der Waals surface area contributed by atoms with Gasteiger partial charge in [0.15, 0.2) is 11.5 Å². The Labute approximate surface area is 149 Å². The molecule has 1 aromatic heterocycles. The second-order valence-corrected chi connectivity index (χ2v) is 5.39. The highest BCUT2D eigenvalue weighted by Crippen LogP contribution is 2.28. The number of hydroxylamine groups is 1. The van der Waals surface area contributed by atoms with Crippen molar-refractivity contribution in [3.8, 4) is 23.0 Å². The van der Waals surface area contributed by atoms with E-state index in [1.165, 1.54) is 0 Å². The van der Waals surface area contributed by atoms with Crippen molar-refractivity contribution < 1.29 is 23.9 Å². The number of ether oxygens (including phenoxy) is 2. The quantitative estimate of drug-likeness (QED) is 0.517. The molecule has 1 heterocycles. The lowest BCUT2D eigenvalue weighted by atomic mass is 10.1. The Morgan fingerprint density at radius 1 is 1.08 bits per heavy atom. The van der Waals surface area contributed by atoms with E-state index in [1.54, 1.807) is 44.0 Å². The molecular weight excluding hydrogens is 338 g/mol. The van der Waals surface area contributed by atoms with Crippen LogP contribution in [0.4, 0.5) is 0 Å². The standard InChI is InChI=1S/C18H17N3O5/c1-24-14-8-3-11(9-15(14)25-2)10-16-19-20-18(26-16)13-6-4-12(5-7-13)17(22)21-23/h3-9,23H,10H2,1-2H3,(H,21,22). The van der Waals surface area contributed by atoms with Crippen molar-refractivity contribution in [2.24, 2.45) is 0 Å². The van der Waals surface area contributed by atoms with Gasteiger partial charge in [-0.05, 0) is 42.0 Å². The molecule has 1 amide bonds. The van der Waals surface area contributed by atoms with E-state index in [0.29, 0.717) is 40.8 Å². The van der Waals surface area contributed by atoms with Crippen molar-refractivity contribution in [2.45, 2.75) is 6.42 Å². The summed E-state index contributed by atoms with van der Waals surface area (Å²) < 4.78 is 16.2. The molecule has 0 radical (unpaired) electrons. The smallest absolute Gasteiger partial charge is 0.274 e. The summed E-state index contributed by atoms with van der Waals surface area (Å²) in [6.45, 7) is 0. The van der Waals surface area contributed by atoms with E-state index in [4.69, 9.17) is 19.1 Å². The summed E-state index contributed by atoms with van der Waals surface area (Å²) in [6.07, 6.45) is 0.443. The number of hydrogen-bond donors (Lipinski definition) is 2. The average molecular weight is 355 g/mol. The molecule has 0 atom stereocenters. The lowest BCUT2D eigenvalue weighted by Crippen LogP contribution is -2.18. The molecular formula is C18H17N3O5. The number of nitrogens with zero attached hydrogens (tertiary/aromatic N) is 2. The van der Waals surface area contributed by atoms with E-state index in [-0.39, 0.29) is 0 Å². The minimum absolute atomic E-state index is 0.321. The first kappa shape index (κ1) is 17.4. The number of carbonyl (C=O) groups is 1. The highest BCUT2D eigenvalue weighted by Gasteiger charge is 2.12. The van der Waals surface area contributed by atoms with Crippen molar-refractivity contribution in [3.05, 3.63) is 59.5 Å². The summed E-state index contributed by atoms with van der Waals surface area (Å²) in [4.78, 5) is 11.3. The number of amides is 1. The third-order valence-corrected chi connectivity index (χ3v) is 3.77. The van der Waals surface area contributed by atoms with E-state index in [9.17, 15) is 4.79 Å². The van der Waals surface area contributed by atoms with Crippen LogP contribution < -0.4 is 15.0 Å². The number of rotatable bonds is 6. The first-order chi connectivity index (χ1) is 12.6. The fraction of sp³-hybridized carbons (Fsp3) is 0.167. The molecule has 0 aliphatic heterocycles. The van der Waals surface area contributed by atoms with Crippen molar-refractivity contribution in [1.82, 2.24) is 15.7 Å². The minimum Gasteiger partial charge on any atom is -0.493 e. The maximum absolute atomic E-state index is 11.3. The Morgan fingerprint density at radius 2 is 1.81 bits per heavy atom. The molecule has 26 heavy (non-hydrogen) atoms. The van der Waals surface area contributed by atoms with Gasteiger partial charge in [0.2, 0.25) is 11.8 Å². The Bertz CT molecular complexity index is 905. The van der Waals surface area contributed by atoms with Crippen LogP contribution in [0, 0.1) is 0 Å². The van der Waals surface area contributed by atoms with E-state index >= 15 is 0 Å². The van der Waals surface area contributed by atoms with Gasteiger partial charge in [-0.3, -0.25) is 10.0 Å². The monoisotopic (exact) mass is 355 g/mol. The number of carbonyl (C=O) groups excluding carboxylic acids is 1. The molecule has 134 valence electrons. The van der Waals surface area contributed by atoms with Gasteiger partial charge in [-0.15, -0.1) is 10.2 Å². The summed E-state index contributed by atoms with van der Waals surface area (Å²) in [5, 5.41) is 16.7. The zero-order valence-corrected chi connectivity index (χ0v) is 14.2. The molecule has 2 aromatic carbocycles. The molecule has 0 bridgehead atoms. The maximum atomic E-state index is 11.3. The normalized spacial score (nSPS) is 10.4. The van der Waals surface area contributed by atoms with E-state index in [0.717, 1.165) is 5.56 Å². The molecule has 0 unspecified atom stereocenters. The van der Waals surface area contributed by atoms with Gasteiger partial charge in [-0.25, -0.2) is 5.48 Å². The Balaban J connectivity index is 1.77. The van der Waals surface area contributed by atoms with E-state index in [1.807, 2.05) is 18.2 Å². The summed E-state index contributed by atoms with van der Waals surface area (Å²) in [6, 6.07) is 12.0. The third kappa shape index (κ3) is 3.65. The average Bonchev–Trinajstić information content (AvgIpc) is 3.15. The molecule has 0 aliphatic rings.